The number of esters is 3. The largest absolute Gasteiger partial charge is 0.455 e. The molecule has 108 valence electrons. The van der Waals surface area contributed by atoms with Gasteiger partial charge in [-0.05, 0) is 0 Å². The van der Waals surface area contributed by atoms with Crippen molar-refractivity contribution in [2.45, 2.75) is 45.4 Å². The van der Waals surface area contributed by atoms with Crippen LogP contribution in [0.15, 0.2) is 0 Å². The molecule has 0 saturated carbocycles. The van der Waals surface area contributed by atoms with E-state index in [0.29, 0.717) is 0 Å². The molecule has 1 rings (SSSR count). The quantitative estimate of drug-likeness (QED) is 0.521. The summed E-state index contributed by atoms with van der Waals surface area (Å²) in [5.74, 6) is -1.93. The summed E-state index contributed by atoms with van der Waals surface area (Å²) in [6.07, 6.45) is -4.29. The van der Waals surface area contributed by atoms with Crippen LogP contribution in [0.2, 0.25) is 0 Å². The molecule has 0 radical (unpaired) electrons. The number of hydrogen-bond acceptors (Lipinski definition) is 8. The van der Waals surface area contributed by atoms with Crippen molar-refractivity contribution >= 4 is 17.9 Å². The fraction of sp³-hybridized carbons (Fsp3) is 0.727. The number of hydrogen-bond donors (Lipinski definition) is 1. The van der Waals surface area contributed by atoms with Gasteiger partial charge in [0.05, 0.1) is 6.61 Å². The molecule has 1 aliphatic heterocycles. The molecule has 0 bridgehead atoms. The minimum Gasteiger partial charge on any atom is -0.455 e. The second-order valence-electron chi connectivity index (χ2n) is 3.98. The molecule has 0 spiro atoms. The van der Waals surface area contributed by atoms with Crippen molar-refractivity contribution in [3.8, 4) is 0 Å². The average Bonchev–Trinajstić information content (AvgIpc) is 2.55. The van der Waals surface area contributed by atoms with E-state index in [1.54, 1.807) is 0 Å². The Morgan fingerprint density at radius 2 is 1.42 bits per heavy atom. The molecule has 0 aromatic rings. The Bertz CT molecular complexity index is 366. The highest BCUT2D eigenvalue weighted by Crippen LogP contribution is 2.27. The predicted octanol–water partition coefficient (Wildman–Crippen LogP) is -0.870. The number of carbonyl (C=O) groups is 3. The van der Waals surface area contributed by atoms with E-state index in [0.717, 1.165) is 13.8 Å². The lowest BCUT2D eigenvalue weighted by atomic mass is 10.1. The van der Waals surface area contributed by atoms with Gasteiger partial charge in [-0.15, -0.1) is 0 Å². The summed E-state index contributed by atoms with van der Waals surface area (Å²) in [4.78, 5) is 33.0. The molecule has 0 amide bonds. The molecule has 0 unspecified atom stereocenters. The van der Waals surface area contributed by atoms with Gasteiger partial charge in [0.15, 0.2) is 6.10 Å². The Hall–Kier alpha value is -1.67. The van der Waals surface area contributed by atoms with Crippen molar-refractivity contribution in [3.05, 3.63) is 0 Å². The molecule has 8 nitrogen and oxygen atoms in total. The molecule has 1 heterocycles. The standard InChI is InChI=1S/C11H16O8/c1-5(13)16-9-8(4-12)19-11(18-7(3)15)10(9)17-6(2)14/h8-12H,4H2,1-3H3/t8-,9+,10-,11+/m0/s1. The molecular weight excluding hydrogens is 260 g/mol. The van der Waals surface area contributed by atoms with Crippen LogP contribution in [0.4, 0.5) is 0 Å². The Balaban J connectivity index is 2.90. The summed E-state index contributed by atoms with van der Waals surface area (Å²) in [6.45, 7) is 3.00. The first kappa shape index (κ1) is 15.4. The number of ether oxygens (including phenoxy) is 4. The molecule has 0 aromatic carbocycles. The second-order valence-corrected chi connectivity index (χ2v) is 3.98. The van der Waals surface area contributed by atoms with Gasteiger partial charge in [0, 0.05) is 20.8 Å². The highest BCUT2D eigenvalue weighted by Gasteiger charge is 2.50. The maximum Gasteiger partial charge on any atom is 0.305 e. The molecular formula is C11H16O8. The van der Waals surface area contributed by atoms with Gasteiger partial charge in [-0.1, -0.05) is 0 Å². The van der Waals surface area contributed by atoms with E-state index >= 15 is 0 Å². The number of aliphatic hydroxyl groups is 1. The maximum atomic E-state index is 11.0. The molecule has 8 heteroatoms. The topological polar surface area (TPSA) is 108 Å². The van der Waals surface area contributed by atoms with Crippen molar-refractivity contribution in [2.24, 2.45) is 0 Å². The van der Waals surface area contributed by atoms with Crippen LogP contribution in [-0.2, 0) is 33.3 Å². The summed E-state index contributed by atoms with van der Waals surface area (Å²) in [6, 6.07) is 0. The fourth-order valence-electron chi connectivity index (χ4n) is 1.75. The Kier molecular flexibility index (Phi) is 5.25. The van der Waals surface area contributed by atoms with Gasteiger partial charge in [0.25, 0.3) is 0 Å². The van der Waals surface area contributed by atoms with E-state index in [9.17, 15) is 14.4 Å². The van der Waals surface area contributed by atoms with E-state index in [1.165, 1.54) is 6.92 Å². The minimum atomic E-state index is -1.22. The maximum absolute atomic E-state index is 11.0. The van der Waals surface area contributed by atoms with Gasteiger partial charge in [-0.25, -0.2) is 0 Å². The van der Waals surface area contributed by atoms with Gasteiger partial charge >= 0.3 is 17.9 Å². The lowest BCUT2D eigenvalue weighted by Crippen LogP contribution is -2.41. The first-order valence-electron chi connectivity index (χ1n) is 5.63. The summed E-state index contributed by atoms with van der Waals surface area (Å²) in [5.41, 5.74) is 0. The third-order valence-corrected chi connectivity index (χ3v) is 2.33. The predicted molar refractivity (Wildman–Crippen MR) is 58.6 cm³/mol. The van der Waals surface area contributed by atoms with Crippen LogP contribution < -0.4 is 0 Å². The monoisotopic (exact) mass is 276 g/mol. The second kappa shape index (κ2) is 6.48. The van der Waals surface area contributed by atoms with E-state index in [4.69, 9.17) is 24.1 Å². The molecule has 1 fully saturated rings. The van der Waals surface area contributed by atoms with Crippen LogP contribution in [0.1, 0.15) is 20.8 Å². The Labute approximate surface area is 109 Å². The van der Waals surface area contributed by atoms with Gasteiger partial charge in [-0.3, -0.25) is 14.4 Å². The van der Waals surface area contributed by atoms with Crippen molar-refractivity contribution in [1.29, 1.82) is 0 Å². The van der Waals surface area contributed by atoms with Crippen LogP contribution in [0.3, 0.4) is 0 Å². The lowest BCUT2D eigenvalue weighted by molar-refractivity contribution is -0.196. The molecule has 0 aromatic heterocycles. The Morgan fingerprint density at radius 3 is 1.84 bits per heavy atom. The number of rotatable bonds is 4. The molecule has 1 N–H and O–H groups in total. The van der Waals surface area contributed by atoms with E-state index < -0.39 is 49.1 Å². The zero-order valence-electron chi connectivity index (χ0n) is 10.8. The minimum absolute atomic E-state index is 0.479. The first-order valence-corrected chi connectivity index (χ1v) is 5.63. The van der Waals surface area contributed by atoms with Crippen molar-refractivity contribution in [2.75, 3.05) is 6.61 Å². The summed E-state index contributed by atoms with van der Waals surface area (Å²) >= 11 is 0. The summed E-state index contributed by atoms with van der Waals surface area (Å²) < 4.78 is 19.9. The van der Waals surface area contributed by atoms with Crippen molar-refractivity contribution in [1.82, 2.24) is 0 Å². The van der Waals surface area contributed by atoms with Gasteiger partial charge < -0.3 is 24.1 Å². The van der Waals surface area contributed by atoms with Gasteiger partial charge in [-0.2, -0.15) is 0 Å². The van der Waals surface area contributed by atoms with Crippen molar-refractivity contribution < 1.29 is 38.4 Å². The summed E-state index contributed by atoms with van der Waals surface area (Å²) in [5, 5.41) is 9.16. The van der Waals surface area contributed by atoms with Crippen LogP contribution >= 0.6 is 0 Å². The van der Waals surface area contributed by atoms with Crippen LogP contribution in [-0.4, -0.2) is 54.2 Å². The SMILES string of the molecule is CC(=O)O[C@@H]1O[C@@H](CO)[C@@H](OC(C)=O)[C@@H]1OC(C)=O. The molecule has 19 heavy (non-hydrogen) atoms. The zero-order valence-corrected chi connectivity index (χ0v) is 10.8. The van der Waals surface area contributed by atoms with Crippen molar-refractivity contribution in [3.63, 3.8) is 0 Å². The molecule has 1 aliphatic rings. The molecule has 4 atom stereocenters. The van der Waals surface area contributed by atoms with E-state index in [1.807, 2.05) is 0 Å². The van der Waals surface area contributed by atoms with E-state index in [-0.39, 0.29) is 0 Å². The normalized spacial score (nSPS) is 29.7. The highest BCUT2D eigenvalue weighted by atomic mass is 16.7. The van der Waals surface area contributed by atoms with Gasteiger partial charge in [0.2, 0.25) is 12.4 Å². The first-order chi connectivity index (χ1) is 8.85. The lowest BCUT2D eigenvalue weighted by Gasteiger charge is -2.22. The number of aliphatic hydroxyl groups excluding tert-OH is 1. The third kappa shape index (κ3) is 4.18. The number of carbonyl (C=O) groups excluding carboxylic acids is 3. The fourth-order valence-corrected chi connectivity index (χ4v) is 1.75. The molecule has 0 aliphatic carbocycles. The average molecular weight is 276 g/mol. The molecule has 1 saturated heterocycles. The Morgan fingerprint density at radius 1 is 0.947 bits per heavy atom. The third-order valence-electron chi connectivity index (χ3n) is 2.33. The van der Waals surface area contributed by atoms with Gasteiger partial charge in [0.1, 0.15) is 6.10 Å². The highest BCUT2D eigenvalue weighted by molar-refractivity contribution is 5.68. The smallest absolute Gasteiger partial charge is 0.305 e. The summed E-state index contributed by atoms with van der Waals surface area (Å²) in [7, 11) is 0. The van der Waals surface area contributed by atoms with Crippen LogP contribution in [0.5, 0.6) is 0 Å². The van der Waals surface area contributed by atoms with Crippen LogP contribution in [0, 0.1) is 0 Å². The van der Waals surface area contributed by atoms with Crippen LogP contribution in [0.25, 0.3) is 0 Å². The zero-order chi connectivity index (χ0) is 14.6. The van der Waals surface area contributed by atoms with E-state index in [2.05, 4.69) is 0 Å².